The van der Waals surface area contributed by atoms with Crippen molar-refractivity contribution in [2.75, 3.05) is 6.61 Å². The van der Waals surface area contributed by atoms with Crippen LogP contribution >= 0.6 is 0 Å². The summed E-state index contributed by atoms with van der Waals surface area (Å²) in [5.74, 6) is 0.895. The molecule has 0 saturated heterocycles. The van der Waals surface area contributed by atoms with E-state index in [4.69, 9.17) is 4.74 Å². The van der Waals surface area contributed by atoms with Crippen molar-refractivity contribution in [2.45, 2.75) is 19.4 Å². The molecule has 0 spiro atoms. The Bertz CT molecular complexity index is 293. The van der Waals surface area contributed by atoms with Gasteiger partial charge in [0, 0.05) is 15.8 Å². The van der Waals surface area contributed by atoms with Gasteiger partial charge in [-0.1, -0.05) is 6.04 Å². The molecule has 3 radical (unpaired) electrons. The maximum absolute atomic E-state index is 11.0. The van der Waals surface area contributed by atoms with E-state index < -0.39 is 0 Å². The van der Waals surface area contributed by atoms with Crippen LogP contribution in [0.2, 0.25) is 6.04 Å². The van der Waals surface area contributed by atoms with Crippen LogP contribution in [0.1, 0.15) is 23.7 Å². The molecule has 0 heterocycles. The van der Waals surface area contributed by atoms with Crippen molar-refractivity contribution in [3.8, 4) is 5.75 Å². The monoisotopic (exact) mass is 205 g/mol. The lowest BCUT2D eigenvalue weighted by Gasteiger charge is -2.04. The van der Waals surface area contributed by atoms with Gasteiger partial charge in [0.25, 0.3) is 0 Å². The molecule has 0 unspecified atom stereocenters. The van der Waals surface area contributed by atoms with Gasteiger partial charge in [-0.3, -0.25) is 4.79 Å². The van der Waals surface area contributed by atoms with Gasteiger partial charge in [0.2, 0.25) is 0 Å². The van der Waals surface area contributed by atoms with E-state index in [0.717, 1.165) is 23.8 Å². The van der Waals surface area contributed by atoms with Crippen LogP contribution in [0.3, 0.4) is 0 Å². The summed E-state index contributed by atoms with van der Waals surface area (Å²) in [6.07, 6.45) is 0.978. The molecule has 0 aliphatic carbocycles. The summed E-state index contributed by atoms with van der Waals surface area (Å²) in [7, 11) is 3.37. The van der Waals surface area contributed by atoms with Gasteiger partial charge in [-0.05, 0) is 37.6 Å². The summed E-state index contributed by atoms with van der Waals surface area (Å²) in [4.78, 5) is 11.0. The molecule has 3 heteroatoms. The Balaban J connectivity index is 2.51. The van der Waals surface area contributed by atoms with E-state index in [1.165, 1.54) is 0 Å². The van der Waals surface area contributed by atoms with Crippen molar-refractivity contribution in [3.63, 3.8) is 0 Å². The number of carbonyl (C=O) groups excluding carboxylic acids is 1. The Morgan fingerprint density at radius 1 is 1.36 bits per heavy atom. The second-order valence-corrected chi connectivity index (χ2v) is 3.53. The van der Waals surface area contributed by atoms with Crippen LogP contribution in [0.5, 0.6) is 5.75 Å². The SMILES string of the molecule is CC(=O)c1ccc(OCCC[Si])cc1. The zero-order chi connectivity index (χ0) is 10.4. The fourth-order valence-electron chi connectivity index (χ4n) is 1.05. The number of ether oxygens (including phenoxy) is 1. The number of carbonyl (C=O) groups is 1. The third kappa shape index (κ3) is 3.34. The summed E-state index contributed by atoms with van der Waals surface area (Å²) >= 11 is 0. The zero-order valence-corrected chi connectivity index (χ0v) is 9.25. The predicted molar refractivity (Wildman–Crippen MR) is 57.1 cm³/mol. The van der Waals surface area contributed by atoms with Crippen LogP contribution in [0.25, 0.3) is 0 Å². The lowest BCUT2D eigenvalue weighted by atomic mass is 10.1. The van der Waals surface area contributed by atoms with Gasteiger partial charge in [0.15, 0.2) is 5.78 Å². The number of benzene rings is 1. The van der Waals surface area contributed by atoms with Gasteiger partial charge in [-0.25, -0.2) is 0 Å². The Labute approximate surface area is 87.7 Å². The van der Waals surface area contributed by atoms with Crippen LogP contribution in [-0.4, -0.2) is 22.6 Å². The first-order valence-electron chi connectivity index (χ1n) is 4.62. The third-order valence-electron chi connectivity index (χ3n) is 1.85. The molecule has 0 atom stereocenters. The average molecular weight is 205 g/mol. The zero-order valence-electron chi connectivity index (χ0n) is 8.25. The Kier molecular flexibility index (Phi) is 4.39. The van der Waals surface area contributed by atoms with Crippen molar-refractivity contribution >= 4 is 16.0 Å². The molecule has 0 N–H and O–H groups in total. The van der Waals surface area contributed by atoms with Gasteiger partial charge in [-0.2, -0.15) is 0 Å². The summed E-state index contributed by atoms with van der Waals surface area (Å²) in [5.41, 5.74) is 0.720. The largest absolute Gasteiger partial charge is 0.494 e. The van der Waals surface area contributed by atoms with E-state index in [2.05, 4.69) is 10.2 Å². The van der Waals surface area contributed by atoms with E-state index in [1.807, 2.05) is 12.1 Å². The molecule has 1 aromatic carbocycles. The van der Waals surface area contributed by atoms with E-state index in [9.17, 15) is 4.79 Å². The lowest BCUT2D eigenvalue weighted by molar-refractivity contribution is 0.101. The van der Waals surface area contributed by atoms with E-state index in [0.29, 0.717) is 6.61 Å². The maximum atomic E-state index is 11.0. The molecule has 0 aromatic heterocycles. The molecule has 0 fully saturated rings. The van der Waals surface area contributed by atoms with E-state index in [-0.39, 0.29) is 5.78 Å². The standard InChI is InChI=1S/C11H13O2Si/c1-9(12)10-3-5-11(6-4-10)13-7-2-8-14/h3-6H,2,7-8H2,1H3. The summed E-state index contributed by atoms with van der Waals surface area (Å²) in [5, 5.41) is 0. The van der Waals surface area contributed by atoms with Crippen LogP contribution in [0.4, 0.5) is 0 Å². The molecule has 0 saturated carbocycles. The van der Waals surface area contributed by atoms with Gasteiger partial charge < -0.3 is 4.74 Å². The Hall–Kier alpha value is -1.09. The van der Waals surface area contributed by atoms with Crippen LogP contribution in [-0.2, 0) is 0 Å². The van der Waals surface area contributed by atoms with Gasteiger partial charge in [0.05, 0.1) is 6.61 Å². The smallest absolute Gasteiger partial charge is 0.159 e. The topological polar surface area (TPSA) is 26.3 Å². The van der Waals surface area contributed by atoms with Crippen molar-refractivity contribution in [1.82, 2.24) is 0 Å². The minimum atomic E-state index is 0.0803. The van der Waals surface area contributed by atoms with E-state index >= 15 is 0 Å². The molecule has 73 valence electrons. The molecule has 2 nitrogen and oxygen atoms in total. The number of hydrogen-bond donors (Lipinski definition) is 0. The molecule has 0 bridgehead atoms. The number of Topliss-reactive ketones (excluding diaryl/α,β-unsaturated/α-hetero) is 1. The number of ketones is 1. The lowest BCUT2D eigenvalue weighted by Crippen LogP contribution is -1.97. The van der Waals surface area contributed by atoms with Crippen LogP contribution in [0, 0.1) is 0 Å². The second kappa shape index (κ2) is 5.60. The number of hydrogen-bond acceptors (Lipinski definition) is 2. The first-order chi connectivity index (χ1) is 6.74. The van der Waals surface area contributed by atoms with Crippen molar-refractivity contribution < 1.29 is 9.53 Å². The highest BCUT2D eigenvalue weighted by atomic mass is 28.1. The molecule has 1 aromatic rings. The summed E-state index contributed by atoms with van der Waals surface area (Å²) in [6, 6.07) is 8.15. The highest BCUT2D eigenvalue weighted by Gasteiger charge is 1.98. The van der Waals surface area contributed by atoms with Gasteiger partial charge >= 0.3 is 0 Å². The van der Waals surface area contributed by atoms with Crippen molar-refractivity contribution in [1.29, 1.82) is 0 Å². The quantitative estimate of drug-likeness (QED) is 0.418. The average Bonchev–Trinajstić information content (AvgIpc) is 2.19. The van der Waals surface area contributed by atoms with Crippen molar-refractivity contribution in [2.24, 2.45) is 0 Å². The molecular formula is C11H13O2Si. The molecule has 0 aliphatic heterocycles. The minimum absolute atomic E-state index is 0.0803. The predicted octanol–water partition coefficient (Wildman–Crippen LogP) is 2.24. The van der Waals surface area contributed by atoms with Crippen LogP contribution < -0.4 is 4.74 Å². The molecule has 14 heavy (non-hydrogen) atoms. The summed E-state index contributed by atoms with van der Waals surface area (Å²) in [6.45, 7) is 2.25. The Morgan fingerprint density at radius 3 is 2.50 bits per heavy atom. The van der Waals surface area contributed by atoms with Crippen molar-refractivity contribution in [3.05, 3.63) is 29.8 Å². The fraction of sp³-hybridized carbons (Fsp3) is 0.364. The molecule has 0 amide bonds. The Morgan fingerprint density at radius 2 is 2.00 bits per heavy atom. The maximum Gasteiger partial charge on any atom is 0.159 e. The molecule has 1 rings (SSSR count). The number of rotatable bonds is 5. The first-order valence-corrected chi connectivity index (χ1v) is 5.33. The molecular weight excluding hydrogens is 192 g/mol. The molecule has 0 aliphatic rings. The second-order valence-electron chi connectivity index (χ2n) is 3.03. The van der Waals surface area contributed by atoms with Gasteiger partial charge in [-0.15, -0.1) is 0 Å². The normalized spacial score (nSPS) is 9.86. The van der Waals surface area contributed by atoms with E-state index in [1.54, 1.807) is 19.1 Å². The summed E-state index contributed by atoms with van der Waals surface area (Å²) < 4.78 is 5.44. The first kappa shape index (κ1) is 11.0. The highest BCUT2D eigenvalue weighted by molar-refractivity contribution is 6.08. The van der Waals surface area contributed by atoms with Gasteiger partial charge in [0.1, 0.15) is 5.75 Å². The highest BCUT2D eigenvalue weighted by Crippen LogP contribution is 2.12. The van der Waals surface area contributed by atoms with Crippen LogP contribution in [0.15, 0.2) is 24.3 Å². The fourth-order valence-corrected chi connectivity index (χ4v) is 1.19. The third-order valence-corrected chi connectivity index (χ3v) is 2.20. The minimum Gasteiger partial charge on any atom is -0.494 e.